The Labute approximate surface area is 86.9 Å². The standard InChI is InChI=1S/C9H16F3NO2/c10-9(11,12)7-14-6-5-13-15-8-3-1-2-4-8/h8,13H,1-7H2. The van der Waals surface area contributed by atoms with Gasteiger partial charge in [-0.3, -0.25) is 4.84 Å². The molecule has 0 atom stereocenters. The van der Waals surface area contributed by atoms with Crippen LogP contribution in [0.15, 0.2) is 0 Å². The number of ether oxygens (including phenoxy) is 1. The Morgan fingerprint density at radius 1 is 1.20 bits per heavy atom. The van der Waals surface area contributed by atoms with E-state index in [0.717, 1.165) is 25.7 Å². The number of hydroxylamine groups is 1. The normalized spacial score (nSPS) is 18.6. The molecule has 0 bridgehead atoms. The second-order valence-electron chi connectivity index (χ2n) is 3.59. The molecule has 0 amide bonds. The van der Waals surface area contributed by atoms with Gasteiger partial charge < -0.3 is 4.74 Å². The molecule has 15 heavy (non-hydrogen) atoms. The molecular formula is C9H16F3NO2. The Morgan fingerprint density at radius 3 is 2.47 bits per heavy atom. The van der Waals surface area contributed by atoms with Crippen LogP contribution >= 0.6 is 0 Å². The fraction of sp³-hybridized carbons (Fsp3) is 1.00. The summed E-state index contributed by atoms with van der Waals surface area (Å²) in [6.07, 6.45) is 0.347. The monoisotopic (exact) mass is 227 g/mol. The summed E-state index contributed by atoms with van der Waals surface area (Å²) >= 11 is 0. The highest BCUT2D eigenvalue weighted by atomic mass is 19.4. The zero-order chi connectivity index (χ0) is 11.1. The molecule has 1 N–H and O–H groups in total. The van der Waals surface area contributed by atoms with Crippen molar-refractivity contribution in [2.45, 2.75) is 38.0 Å². The minimum Gasteiger partial charge on any atom is -0.371 e. The molecule has 1 fully saturated rings. The zero-order valence-corrected chi connectivity index (χ0v) is 8.48. The maximum Gasteiger partial charge on any atom is 0.411 e. The number of nitrogens with one attached hydrogen (secondary N) is 1. The molecule has 3 nitrogen and oxygen atoms in total. The van der Waals surface area contributed by atoms with E-state index in [2.05, 4.69) is 10.2 Å². The molecule has 0 aromatic carbocycles. The molecule has 1 rings (SSSR count). The first-order valence-electron chi connectivity index (χ1n) is 5.11. The highest BCUT2D eigenvalue weighted by Crippen LogP contribution is 2.19. The number of hydrogen-bond acceptors (Lipinski definition) is 3. The lowest BCUT2D eigenvalue weighted by molar-refractivity contribution is -0.175. The average molecular weight is 227 g/mol. The molecule has 0 aromatic heterocycles. The third kappa shape index (κ3) is 6.70. The van der Waals surface area contributed by atoms with E-state index < -0.39 is 12.8 Å². The van der Waals surface area contributed by atoms with Crippen molar-refractivity contribution in [2.24, 2.45) is 0 Å². The zero-order valence-electron chi connectivity index (χ0n) is 8.48. The molecule has 0 saturated heterocycles. The van der Waals surface area contributed by atoms with Gasteiger partial charge in [-0.05, 0) is 12.8 Å². The second kappa shape index (κ2) is 6.30. The third-order valence-electron chi connectivity index (χ3n) is 2.17. The van der Waals surface area contributed by atoms with E-state index in [1.807, 2.05) is 0 Å². The van der Waals surface area contributed by atoms with Crippen LogP contribution in [-0.4, -0.2) is 32.0 Å². The van der Waals surface area contributed by atoms with Gasteiger partial charge in [0.15, 0.2) is 0 Å². The van der Waals surface area contributed by atoms with Crippen molar-refractivity contribution < 1.29 is 22.7 Å². The molecule has 1 aliphatic rings. The van der Waals surface area contributed by atoms with Crippen LogP contribution in [0.4, 0.5) is 13.2 Å². The summed E-state index contributed by atoms with van der Waals surface area (Å²) in [6.45, 7) is -0.906. The molecule has 0 radical (unpaired) electrons. The molecule has 1 aliphatic carbocycles. The van der Waals surface area contributed by atoms with Crippen molar-refractivity contribution in [1.29, 1.82) is 0 Å². The predicted molar refractivity (Wildman–Crippen MR) is 48.2 cm³/mol. The largest absolute Gasteiger partial charge is 0.411 e. The van der Waals surface area contributed by atoms with Gasteiger partial charge in [0.2, 0.25) is 0 Å². The van der Waals surface area contributed by atoms with Gasteiger partial charge in [-0.15, -0.1) is 0 Å². The summed E-state index contributed by atoms with van der Waals surface area (Å²) in [4.78, 5) is 5.22. The quantitative estimate of drug-likeness (QED) is 0.556. The lowest BCUT2D eigenvalue weighted by Gasteiger charge is -2.12. The molecule has 0 aliphatic heterocycles. The summed E-state index contributed by atoms with van der Waals surface area (Å²) in [6, 6.07) is 0. The van der Waals surface area contributed by atoms with E-state index in [0.29, 0.717) is 0 Å². The third-order valence-corrected chi connectivity index (χ3v) is 2.17. The Balaban J connectivity index is 1.84. The van der Waals surface area contributed by atoms with Crippen molar-refractivity contribution in [2.75, 3.05) is 19.8 Å². The molecule has 0 spiro atoms. The topological polar surface area (TPSA) is 30.5 Å². The number of halogens is 3. The minimum absolute atomic E-state index is 0.00618. The van der Waals surface area contributed by atoms with Crippen LogP contribution in [0.2, 0.25) is 0 Å². The summed E-state index contributed by atoms with van der Waals surface area (Å²) in [5.74, 6) is 0. The molecule has 0 unspecified atom stereocenters. The summed E-state index contributed by atoms with van der Waals surface area (Å²) in [5.41, 5.74) is 2.62. The van der Waals surface area contributed by atoms with E-state index in [-0.39, 0.29) is 19.3 Å². The van der Waals surface area contributed by atoms with Crippen molar-refractivity contribution in [3.8, 4) is 0 Å². The van der Waals surface area contributed by atoms with Gasteiger partial charge in [-0.2, -0.15) is 18.7 Å². The maximum absolute atomic E-state index is 11.6. The molecule has 90 valence electrons. The Morgan fingerprint density at radius 2 is 1.87 bits per heavy atom. The highest BCUT2D eigenvalue weighted by molar-refractivity contribution is 4.65. The predicted octanol–water partition coefficient (Wildman–Crippen LogP) is 2.03. The van der Waals surface area contributed by atoms with E-state index >= 15 is 0 Å². The van der Waals surface area contributed by atoms with E-state index in [9.17, 15) is 13.2 Å². The lowest BCUT2D eigenvalue weighted by Crippen LogP contribution is -2.27. The van der Waals surface area contributed by atoms with Crippen LogP contribution < -0.4 is 5.48 Å². The van der Waals surface area contributed by atoms with Crippen molar-refractivity contribution >= 4 is 0 Å². The van der Waals surface area contributed by atoms with Crippen LogP contribution in [0, 0.1) is 0 Å². The minimum atomic E-state index is -4.24. The number of rotatable bonds is 6. The van der Waals surface area contributed by atoms with Gasteiger partial charge in [0, 0.05) is 6.54 Å². The fourth-order valence-electron chi connectivity index (χ4n) is 1.48. The van der Waals surface area contributed by atoms with Crippen LogP contribution in [0.1, 0.15) is 25.7 Å². The first-order valence-corrected chi connectivity index (χ1v) is 5.11. The molecule has 1 saturated carbocycles. The highest BCUT2D eigenvalue weighted by Gasteiger charge is 2.27. The van der Waals surface area contributed by atoms with Crippen molar-refractivity contribution in [1.82, 2.24) is 5.48 Å². The smallest absolute Gasteiger partial charge is 0.371 e. The summed E-state index contributed by atoms with van der Waals surface area (Å²) < 4.78 is 39.3. The molecule has 0 aromatic rings. The van der Waals surface area contributed by atoms with E-state index in [1.165, 1.54) is 0 Å². The van der Waals surface area contributed by atoms with Gasteiger partial charge >= 0.3 is 6.18 Å². The van der Waals surface area contributed by atoms with Crippen LogP contribution in [0.25, 0.3) is 0 Å². The second-order valence-corrected chi connectivity index (χ2v) is 3.59. The van der Waals surface area contributed by atoms with Gasteiger partial charge in [0.25, 0.3) is 0 Å². The molecule has 0 heterocycles. The van der Waals surface area contributed by atoms with Crippen LogP contribution in [0.5, 0.6) is 0 Å². The first-order chi connectivity index (χ1) is 7.08. The molecular weight excluding hydrogens is 211 g/mol. The average Bonchev–Trinajstić information content (AvgIpc) is 2.61. The Hall–Kier alpha value is -0.330. The van der Waals surface area contributed by atoms with Crippen LogP contribution in [-0.2, 0) is 9.57 Å². The fourth-order valence-corrected chi connectivity index (χ4v) is 1.48. The van der Waals surface area contributed by atoms with Crippen LogP contribution in [0.3, 0.4) is 0 Å². The molecule has 6 heteroatoms. The van der Waals surface area contributed by atoms with Gasteiger partial charge in [0.1, 0.15) is 6.61 Å². The Bertz CT molecular complexity index is 169. The van der Waals surface area contributed by atoms with Crippen molar-refractivity contribution in [3.63, 3.8) is 0 Å². The van der Waals surface area contributed by atoms with Crippen molar-refractivity contribution in [3.05, 3.63) is 0 Å². The summed E-state index contributed by atoms with van der Waals surface area (Å²) in [7, 11) is 0. The van der Waals surface area contributed by atoms with Gasteiger partial charge in [-0.25, -0.2) is 0 Å². The maximum atomic E-state index is 11.6. The lowest BCUT2D eigenvalue weighted by atomic mass is 10.3. The Kier molecular flexibility index (Phi) is 5.35. The first kappa shape index (κ1) is 12.7. The number of hydrogen-bond donors (Lipinski definition) is 1. The van der Waals surface area contributed by atoms with Gasteiger partial charge in [-0.1, -0.05) is 12.8 Å². The van der Waals surface area contributed by atoms with E-state index in [4.69, 9.17) is 4.84 Å². The number of alkyl halides is 3. The van der Waals surface area contributed by atoms with E-state index in [1.54, 1.807) is 0 Å². The SMILES string of the molecule is FC(F)(F)COCCNOC1CCCC1. The summed E-state index contributed by atoms with van der Waals surface area (Å²) in [5, 5.41) is 0. The van der Waals surface area contributed by atoms with Gasteiger partial charge in [0.05, 0.1) is 12.7 Å².